The third kappa shape index (κ3) is 4.48. The molecule has 3 amide bonds. The van der Waals surface area contributed by atoms with Gasteiger partial charge in [0.25, 0.3) is 5.91 Å². The van der Waals surface area contributed by atoms with E-state index >= 15 is 0 Å². The second-order valence-corrected chi connectivity index (χ2v) is 11.4. The number of halogens is 3. The fourth-order valence-corrected chi connectivity index (χ4v) is 6.14. The van der Waals surface area contributed by atoms with Crippen LogP contribution in [0.25, 0.3) is 0 Å². The van der Waals surface area contributed by atoms with Gasteiger partial charge in [0.05, 0.1) is 6.04 Å². The highest BCUT2D eigenvalue weighted by Gasteiger charge is 2.62. The molecule has 0 bridgehead atoms. The summed E-state index contributed by atoms with van der Waals surface area (Å²) in [6.07, 6.45) is -0.149. The third-order valence-electron chi connectivity index (χ3n) is 7.66. The lowest BCUT2D eigenvalue weighted by Gasteiger charge is -2.47. The molecule has 11 heteroatoms. The molecule has 0 aliphatic carbocycles. The molecule has 1 spiro atoms. The topological polar surface area (TPSA) is 117 Å². The van der Waals surface area contributed by atoms with Gasteiger partial charge in [-0.3, -0.25) is 19.6 Å². The van der Waals surface area contributed by atoms with Crippen molar-refractivity contribution in [2.24, 2.45) is 0 Å². The van der Waals surface area contributed by atoms with Gasteiger partial charge in [-0.1, -0.05) is 35.3 Å². The number of aryl methyl sites for hydroxylation is 1. The number of ether oxygens (including phenoxy) is 1. The van der Waals surface area contributed by atoms with Crippen LogP contribution in [0.2, 0.25) is 10.0 Å². The number of hydrogen-bond acceptors (Lipinski definition) is 5. The summed E-state index contributed by atoms with van der Waals surface area (Å²) in [4.78, 5) is 40.0. The monoisotopic (exact) mass is 585 g/mol. The average Bonchev–Trinajstić information content (AvgIpc) is 3.18. The Morgan fingerprint density at radius 2 is 1.77 bits per heavy atom. The lowest BCUT2D eigenvalue weighted by molar-refractivity contribution is -0.143. The summed E-state index contributed by atoms with van der Waals surface area (Å²) in [6, 6.07) is 12.9. The summed E-state index contributed by atoms with van der Waals surface area (Å²) in [7, 11) is 0. The van der Waals surface area contributed by atoms with Crippen LogP contribution in [-0.4, -0.2) is 28.5 Å². The molecule has 2 heterocycles. The lowest BCUT2D eigenvalue weighted by atomic mass is 9.59. The van der Waals surface area contributed by atoms with Gasteiger partial charge in [0, 0.05) is 33.6 Å². The first-order valence-corrected chi connectivity index (χ1v) is 13.2. The molecule has 2 aliphatic heterocycles. The second-order valence-electron chi connectivity index (χ2n) is 10.5. The van der Waals surface area contributed by atoms with Crippen LogP contribution in [0, 0.1) is 12.7 Å². The van der Waals surface area contributed by atoms with Gasteiger partial charge in [0.1, 0.15) is 17.0 Å². The van der Waals surface area contributed by atoms with E-state index in [9.17, 15) is 24.0 Å². The van der Waals surface area contributed by atoms with Crippen molar-refractivity contribution in [3.05, 3.63) is 92.7 Å². The molecule has 5 rings (SSSR count). The quantitative estimate of drug-likeness (QED) is 0.238. The molecule has 4 N–H and O–H groups in total. The van der Waals surface area contributed by atoms with Crippen LogP contribution in [0.5, 0.6) is 5.75 Å². The minimum absolute atomic E-state index is 0.149. The molecule has 2 aliphatic rings. The molecule has 3 aromatic carbocycles. The first-order chi connectivity index (χ1) is 18.9. The Kier molecular flexibility index (Phi) is 7.02. The number of hydroxylamine groups is 1. The molecule has 0 radical (unpaired) electrons. The van der Waals surface area contributed by atoms with E-state index in [-0.39, 0.29) is 18.1 Å². The summed E-state index contributed by atoms with van der Waals surface area (Å²) < 4.78 is 20.7. The summed E-state index contributed by atoms with van der Waals surface area (Å²) in [5.41, 5.74) is 1.07. The highest BCUT2D eigenvalue weighted by molar-refractivity contribution is 6.31. The predicted molar refractivity (Wildman–Crippen MR) is 147 cm³/mol. The van der Waals surface area contributed by atoms with Gasteiger partial charge in [-0.25, -0.2) is 9.87 Å². The number of hydrogen-bond donors (Lipinski definition) is 4. The maximum absolute atomic E-state index is 14.6. The van der Waals surface area contributed by atoms with Crippen LogP contribution in [0.4, 0.5) is 10.1 Å². The van der Waals surface area contributed by atoms with Crippen molar-refractivity contribution in [1.29, 1.82) is 0 Å². The normalized spacial score (nSPS) is 22.0. The number of benzene rings is 3. The minimum atomic E-state index is -1.54. The Labute approximate surface area is 239 Å². The van der Waals surface area contributed by atoms with Crippen LogP contribution in [-0.2, 0) is 19.8 Å². The Morgan fingerprint density at radius 3 is 2.50 bits per heavy atom. The van der Waals surface area contributed by atoms with E-state index < -0.39 is 40.6 Å². The van der Waals surface area contributed by atoms with Crippen LogP contribution >= 0.6 is 23.2 Å². The molecular formula is C29H26Cl2FN3O5. The summed E-state index contributed by atoms with van der Waals surface area (Å²) >= 11 is 12.7. The Hall–Kier alpha value is -3.66. The minimum Gasteiger partial charge on any atom is -0.478 e. The largest absolute Gasteiger partial charge is 0.478 e. The predicted octanol–water partition coefficient (Wildman–Crippen LogP) is 5.34. The van der Waals surface area contributed by atoms with Crippen molar-refractivity contribution in [3.8, 4) is 5.75 Å². The molecule has 0 unspecified atom stereocenters. The van der Waals surface area contributed by atoms with Gasteiger partial charge in [-0.2, -0.15) is 0 Å². The van der Waals surface area contributed by atoms with Crippen LogP contribution in [0.1, 0.15) is 54.5 Å². The van der Waals surface area contributed by atoms with Crippen molar-refractivity contribution in [2.45, 2.75) is 50.2 Å². The van der Waals surface area contributed by atoms with Gasteiger partial charge in [0.2, 0.25) is 11.8 Å². The zero-order chi connectivity index (χ0) is 29.0. The molecule has 8 nitrogen and oxygen atoms in total. The van der Waals surface area contributed by atoms with Crippen LogP contribution < -0.4 is 20.9 Å². The second kappa shape index (κ2) is 10.1. The van der Waals surface area contributed by atoms with Crippen molar-refractivity contribution in [2.75, 3.05) is 5.32 Å². The Morgan fingerprint density at radius 1 is 1.07 bits per heavy atom. The maximum atomic E-state index is 14.6. The first-order valence-electron chi connectivity index (χ1n) is 12.5. The summed E-state index contributed by atoms with van der Waals surface area (Å²) in [5.74, 6) is -2.83. The molecule has 40 heavy (non-hydrogen) atoms. The SMILES string of the molecule is Cc1ccc(F)cc1[C@@H]1NC(=O)C[C@H](c2cc(Cl)ccc2OC(C)(C)C(=O)NO)[C@@]12C(=O)Nc1cc(Cl)ccc12. The molecule has 208 valence electrons. The van der Waals surface area contributed by atoms with Crippen molar-refractivity contribution in [1.82, 2.24) is 10.8 Å². The van der Waals surface area contributed by atoms with Gasteiger partial charge in [-0.05, 0) is 79.9 Å². The van der Waals surface area contributed by atoms with E-state index in [1.54, 1.807) is 54.9 Å². The van der Waals surface area contributed by atoms with Crippen LogP contribution in [0.15, 0.2) is 54.6 Å². The first kappa shape index (κ1) is 27.9. The van der Waals surface area contributed by atoms with E-state index in [0.717, 1.165) is 0 Å². The lowest BCUT2D eigenvalue weighted by Crippen LogP contribution is -2.57. The fourth-order valence-electron chi connectivity index (χ4n) is 5.78. The number of carbonyl (C=O) groups excluding carboxylic acids is 3. The molecule has 3 aromatic rings. The number of piperidine rings is 1. The summed E-state index contributed by atoms with van der Waals surface area (Å²) in [6.45, 7) is 4.69. The van der Waals surface area contributed by atoms with E-state index in [0.29, 0.717) is 38.0 Å². The van der Waals surface area contributed by atoms with Crippen molar-refractivity contribution < 1.29 is 28.7 Å². The number of fused-ring (bicyclic) bond motifs is 2. The Balaban J connectivity index is 1.81. The molecule has 0 saturated carbocycles. The van der Waals surface area contributed by atoms with E-state index in [1.165, 1.54) is 26.0 Å². The van der Waals surface area contributed by atoms with Gasteiger partial charge in [-0.15, -0.1) is 0 Å². The van der Waals surface area contributed by atoms with Crippen molar-refractivity contribution >= 4 is 46.6 Å². The highest BCUT2D eigenvalue weighted by atomic mass is 35.5. The van der Waals surface area contributed by atoms with Crippen molar-refractivity contribution in [3.63, 3.8) is 0 Å². The molecule has 3 atom stereocenters. The van der Waals surface area contributed by atoms with E-state index in [1.807, 2.05) is 0 Å². The number of carbonyl (C=O) groups is 3. The zero-order valence-corrected chi connectivity index (χ0v) is 23.3. The van der Waals surface area contributed by atoms with Gasteiger partial charge in [0.15, 0.2) is 5.60 Å². The molecule has 0 aromatic heterocycles. The summed E-state index contributed by atoms with van der Waals surface area (Å²) in [5, 5.41) is 15.8. The average molecular weight is 586 g/mol. The zero-order valence-electron chi connectivity index (χ0n) is 21.8. The number of anilines is 1. The highest BCUT2D eigenvalue weighted by Crippen LogP contribution is 2.59. The molecule has 1 fully saturated rings. The molecule has 1 saturated heterocycles. The molecular weight excluding hydrogens is 560 g/mol. The van der Waals surface area contributed by atoms with E-state index in [2.05, 4.69) is 10.6 Å². The van der Waals surface area contributed by atoms with Crippen LogP contribution in [0.3, 0.4) is 0 Å². The maximum Gasteiger partial charge on any atom is 0.286 e. The standard InChI is InChI=1S/C29H26Cl2FN3O5/c1-14-4-7-17(32)12-18(14)25-29(20-8-5-16(31)11-22(20)33-27(29)38)21(13-24(36)34-25)19-10-15(30)6-9-23(19)40-28(2,3)26(37)35-39/h4-12,21,25,39H,13H2,1-3H3,(H,33,38)(H,34,36)(H,35,37)/t21-,25+,29-/m1/s1. The Bertz CT molecular complexity index is 1560. The fraction of sp³-hybridized carbons (Fsp3) is 0.276. The third-order valence-corrected chi connectivity index (χ3v) is 8.13. The van der Waals surface area contributed by atoms with E-state index in [4.69, 9.17) is 27.9 Å². The van der Waals surface area contributed by atoms with Gasteiger partial charge < -0.3 is 15.4 Å². The smallest absolute Gasteiger partial charge is 0.286 e. The number of rotatable bonds is 5. The number of amides is 3. The van der Waals surface area contributed by atoms with Gasteiger partial charge >= 0.3 is 0 Å². The number of nitrogens with one attached hydrogen (secondary N) is 3.